The second-order valence-corrected chi connectivity index (χ2v) is 22.6. The van der Waals surface area contributed by atoms with Crippen molar-refractivity contribution in [1.29, 1.82) is 0 Å². The van der Waals surface area contributed by atoms with Crippen LogP contribution in [0.1, 0.15) is 278 Å². The summed E-state index contributed by atoms with van der Waals surface area (Å²) >= 11 is 0. The van der Waals surface area contributed by atoms with E-state index in [4.69, 9.17) is 23.3 Å². The Bertz CT molecular complexity index is 1710. The van der Waals surface area contributed by atoms with E-state index in [2.05, 4.69) is 118 Å². The van der Waals surface area contributed by atoms with Gasteiger partial charge in [0.15, 0.2) is 6.10 Å². The quantitative estimate of drug-likeness (QED) is 0.0197. The standard InChI is InChI=1S/C68H117O11P/c1-4-7-10-13-16-19-22-25-28-30-32-34-37-39-42-45-48-51-54-57-66(70)75-61-65(79-68(72)59-56-53-50-47-44-41-38-35-33-31-29-26-23-20-17-14-11-8-5-2)63-77-80(73,74)76-62-64(60-69)78-67(71)58-55-52-49-46-43-40-36-27-24-21-18-15-12-9-6-3/h8-9,11-12,17-18,20-21,26-27,29,33,35-36,41,44,64-65,69H,4-7,10,13-16,19,22-25,28,30-32,34,37-40,42-43,45-63H2,1-3H3,(H,73,74)/b11-8-,12-9-,20-17-,21-18-,29-26-,35-33-,36-27-,44-41-. The number of aliphatic hydroxyl groups excluding tert-OH is 1. The molecule has 0 aromatic carbocycles. The number of phosphoric acid groups is 1. The summed E-state index contributed by atoms with van der Waals surface area (Å²) in [5.74, 6) is -1.51. The first-order valence-corrected chi connectivity index (χ1v) is 33.6. The molecule has 0 aromatic rings. The maximum atomic E-state index is 13.0. The van der Waals surface area contributed by atoms with Crippen LogP contribution in [-0.2, 0) is 42.2 Å². The van der Waals surface area contributed by atoms with Gasteiger partial charge in [-0.15, -0.1) is 0 Å². The van der Waals surface area contributed by atoms with E-state index in [0.29, 0.717) is 19.3 Å². The molecule has 0 bridgehead atoms. The Morgan fingerprint density at radius 3 is 1.01 bits per heavy atom. The largest absolute Gasteiger partial charge is 0.472 e. The van der Waals surface area contributed by atoms with Gasteiger partial charge in [0, 0.05) is 19.3 Å². The van der Waals surface area contributed by atoms with Crippen molar-refractivity contribution in [2.45, 2.75) is 290 Å². The van der Waals surface area contributed by atoms with Crippen molar-refractivity contribution in [1.82, 2.24) is 0 Å². The lowest BCUT2D eigenvalue weighted by molar-refractivity contribution is -0.161. The van der Waals surface area contributed by atoms with Crippen molar-refractivity contribution in [3.8, 4) is 0 Å². The molecule has 0 aliphatic heterocycles. The van der Waals surface area contributed by atoms with Crippen molar-refractivity contribution < 1.29 is 52.2 Å². The normalized spacial score (nSPS) is 13.9. The van der Waals surface area contributed by atoms with E-state index in [1.807, 2.05) is 0 Å². The molecule has 3 unspecified atom stereocenters. The summed E-state index contributed by atoms with van der Waals surface area (Å²) in [6.45, 7) is 4.40. The third-order valence-electron chi connectivity index (χ3n) is 13.5. The van der Waals surface area contributed by atoms with Gasteiger partial charge in [-0.25, -0.2) is 4.57 Å². The molecular weight excluding hydrogens is 1020 g/mol. The number of ether oxygens (including phenoxy) is 3. The summed E-state index contributed by atoms with van der Waals surface area (Å²) in [6.07, 6.45) is 73.6. The van der Waals surface area contributed by atoms with E-state index in [0.717, 1.165) is 122 Å². The van der Waals surface area contributed by atoms with Crippen LogP contribution in [0.3, 0.4) is 0 Å². The maximum Gasteiger partial charge on any atom is 0.472 e. The fourth-order valence-electron chi connectivity index (χ4n) is 8.69. The minimum atomic E-state index is -4.77. The van der Waals surface area contributed by atoms with E-state index in [-0.39, 0.29) is 25.9 Å². The Kier molecular flexibility index (Phi) is 58.7. The highest BCUT2D eigenvalue weighted by molar-refractivity contribution is 7.47. The Balaban J connectivity index is 4.76. The summed E-state index contributed by atoms with van der Waals surface area (Å²) in [6, 6.07) is 0. The molecule has 80 heavy (non-hydrogen) atoms. The second kappa shape index (κ2) is 61.5. The first-order valence-electron chi connectivity index (χ1n) is 32.1. The smallest absolute Gasteiger partial charge is 0.462 e. The monoisotopic (exact) mass is 1140 g/mol. The molecule has 12 heteroatoms. The molecule has 0 spiro atoms. The van der Waals surface area contributed by atoms with Crippen LogP contribution in [0.2, 0.25) is 0 Å². The molecule has 0 rings (SSSR count). The fraction of sp³-hybridized carbons (Fsp3) is 0.721. The van der Waals surface area contributed by atoms with Crippen LogP contribution in [0.25, 0.3) is 0 Å². The van der Waals surface area contributed by atoms with Crippen LogP contribution in [0.4, 0.5) is 0 Å². The van der Waals surface area contributed by atoms with Gasteiger partial charge in [-0.1, -0.05) is 259 Å². The van der Waals surface area contributed by atoms with E-state index in [1.54, 1.807) is 0 Å². The van der Waals surface area contributed by atoms with E-state index >= 15 is 0 Å². The Hall–Kier alpha value is -3.60. The van der Waals surface area contributed by atoms with Gasteiger partial charge in [0.2, 0.25) is 0 Å². The molecule has 460 valence electrons. The predicted molar refractivity (Wildman–Crippen MR) is 334 cm³/mol. The lowest BCUT2D eigenvalue weighted by Crippen LogP contribution is -2.30. The number of carbonyl (C=O) groups is 3. The van der Waals surface area contributed by atoms with E-state index < -0.39 is 57.8 Å². The summed E-state index contributed by atoms with van der Waals surface area (Å²) in [4.78, 5) is 48.7. The molecule has 0 aliphatic rings. The minimum absolute atomic E-state index is 0.125. The SMILES string of the molecule is CC/C=C\C/C=C\C/C=C\C/C=C\C/C=C\CCCCCC(=O)OC(COC(=O)CCCCCCCCCCCCCCCCCCCCC)COP(=O)(O)OCC(CO)OC(=O)CCCCCCC/C=C\C/C=C\C/C=C\CC. The third kappa shape index (κ3) is 59.0. The average Bonchev–Trinajstić information content (AvgIpc) is 3.45. The number of phosphoric ester groups is 1. The zero-order valence-electron chi connectivity index (χ0n) is 51.0. The van der Waals surface area contributed by atoms with Crippen LogP contribution < -0.4 is 0 Å². The van der Waals surface area contributed by atoms with E-state index in [1.165, 1.54) is 96.3 Å². The number of rotatable bonds is 59. The molecule has 11 nitrogen and oxygen atoms in total. The molecule has 3 atom stereocenters. The van der Waals surface area contributed by atoms with E-state index in [9.17, 15) is 28.9 Å². The van der Waals surface area contributed by atoms with Gasteiger partial charge in [-0.3, -0.25) is 23.4 Å². The molecule has 2 N–H and O–H groups in total. The Morgan fingerprint density at radius 1 is 0.362 bits per heavy atom. The van der Waals surface area contributed by atoms with Gasteiger partial charge < -0.3 is 24.2 Å². The molecular formula is C68H117O11P. The maximum absolute atomic E-state index is 13.0. The fourth-order valence-corrected chi connectivity index (χ4v) is 9.48. The average molecular weight is 1140 g/mol. The zero-order chi connectivity index (χ0) is 58.3. The highest BCUT2D eigenvalue weighted by Gasteiger charge is 2.28. The molecule has 0 aromatic heterocycles. The van der Waals surface area contributed by atoms with Crippen molar-refractivity contribution in [2.75, 3.05) is 26.4 Å². The number of carbonyl (C=O) groups excluding carboxylic acids is 3. The van der Waals surface area contributed by atoms with Gasteiger partial charge in [0.25, 0.3) is 0 Å². The molecule has 0 saturated heterocycles. The topological polar surface area (TPSA) is 155 Å². The number of esters is 3. The number of unbranched alkanes of at least 4 members (excludes halogenated alkanes) is 26. The first kappa shape index (κ1) is 76.4. The van der Waals surface area contributed by atoms with Crippen LogP contribution >= 0.6 is 7.82 Å². The molecule has 0 radical (unpaired) electrons. The van der Waals surface area contributed by atoms with Gasteiger partial charge in [-0.2, -0.15) is 0 Å². The van der Waals surface area contributed by atoms with Crippen LogP contribution in [0.5, 0.6) is 0 Å². The van der Waals surface area contributed by atoms with Crippen LogP contribution in [0.15, 0.2) is 97.2 Å². The van der Waals surface area contributed by atoms with Crippen molar-refractivity contribution in [3.05, 3.63) is 97.2 Å². The minimum Gasteiger partial charge on any atom is -0.462 e. The van der Waals surface area contributed by atoms with Gasteiger partial charge in [0.05, 0.1) is 19.8 Å². The molecule has 0 amide bonds. The Morgan fingerprint density at radius 2 is 0.650 bits per heavy atom. The molecule has 0 aliphatic carbocycles. The second-order valence-electron chi connectivity index (χ2n) is 21.2. The lowest BCUT2D eigenvalue weighted by Gasteiger charge is -2.21. The molecule has 0 heterocycles. The lowest BCUT2D eigenvalue weighted by atomic mass is 10.0. The predicted octanol–water partition coefficient (Wildman–Crippen LogP) is 19.6. The summed E-state index contributed by atoms with van der Waals surface area (Å²) in [7, 11) is -4.77. The van der Waals surface area contributed by atoms with Gasteiger partial charge in [-0.05, 0) is 96.3 Å². The summed E-state index contributed by atoms with van der Waals surface area (Å²) in [5, 5.41) is 9.84. The highest BCUT2D eigenvalue weighted by Crippen LogP contribution is 2.43. The van der Waals surface area contributed by atoms with Gasteiger partial charge in [0.1, 0.15) is 12.7 Å². The molecule has 0 fully saturated rings. The van der Waals surface area contributed by atoms with Gasteiger partial charge >= 0.3 is 25.7 Å². The number of allylic oxidation sites excluding steroid dienone is 16. The van der Waals surface area contributed by atoms with Crippen LogP contribution in [0, 0.1) is 0 Å². The van der Waals surface area contributed by atoms with Crippen molar-refractivity contribution >= 4 is 25.7 Å². The molecule has 0 saturated carbocycles. The van der Waals surface area contributed by atoms with Crippen molar-refractivity contribution in [2.24, 2.45) is 0 Å². The number of hydrogen-bond donors (Lipinski definition) is 2. The Labute approximate surface area is 489 Å². The first-order chi connectivity index (χ1) is 39.2. The highest BCUT2D eigenvalue weighted by atomic mass is 31.2. The number of aliphatic hydroxyl groups is 1. The third-order valence-corrected chi connectivity index (χ3v) is 14.5. The van der Waals surface area contributed by atoms with Crippen molar-refractivity contribution in [3.63, 3.8) is 0 Å². The summed E-state index contributed by atoms with van der Waals surface area (Å²) in [5.41, 5.74) is 0. The van der Waals surface area contributed by atoms with Crippen LogP contribution in [-0.4, -0.2) is 66.5 Å². The summed E-state index contributed by atoms with van der Waals surface area (Å²) < 4.78 is 39.6. The number of hydrogen-bond acceptors (Lipinski definition) is 10. The zero-order valence-corrected chi connectivity index (χ0v) is 51.9.